The average molecular weight is 465 g/mol. The second kappa shape index (κ2) is 9.25. The number of thiophene rings is 1. The van der Waals surface area contributed by atoms with Crippen LogP contribution in [0.1, 0.15) is 72.9 Å². The summed E-state index contributed by atoms with van der Waals surface area (Å²) < 4.78 is 0. The van der Waals surface area contributed by atoms with Gasteiger partial charge in [0.25, 0.3) is 0 Å². The summed E-state index contributed by atoms with van der Waals surface area (Å²) in [7, 11) is 0. The highest BCUT2D eigenvalue weighted by Crippen LogP contribution is 2.45. The van der Waals surface area contributed by atoms with Crippen LogP contribution in [0.25, 0.3) is 0 Å². The maximum absolute atomic E-state index is 12.7. The minimum Gasteiger partial charge on any atom is -0.316 e. The Kier molecular flexibility index (Phi) is 6.60. The fourth-order valence-corrected chi connectivity index (χ4v) is 6.76. The molecule has 0 spiro atoms. The summed E-state index contributed by atoms with van der Waals surface area (Å²) in [5.74, 6) is 0.598. The van der Waals surface area contributed by atoms with Crippen LogP contribution in [0, 0.1) is 34.0 Å². The highest BCUT2D eigenvalue weighted by atomic mass is 32.2. The van der Waals surface area contributed by atoms with Gasteiger partial charge in [-0.2, -0.15) is 10.5 Å². The Morgan fingerprint density at radius 3 is 2.84 bits per heavy atom. The monoisotopic (exact) mass is 464 g/mol. The molecule has 0 saturated heterocycles. The van der Waals surface area contributed by atoms with Crippen molar-refractivity contribution in [1.29, 1.82) is 10.5 Å². The molecule has 2 aliphatic rings. The molecule has 2 aromatic rings. The Morgan fingerprint density at radius 1 is 1.31 bits per heavy atom. The second-order valence-corrected chi connectivity index (χ2v) is 11.4. The zero-order valence-electron chi connectivity index (χ0n) is 18.9. The number of carbonyl (C=O) groups is 1. The van der Waals surface area contributed by atoms with Crippen LogP contribution in [0.5, 0.6) is 0 Å². The standard InChI is InChI=1S/C25H28N4OS2/c1-4-25(2,3)17-8-9-18-19(13-27)24(32-21(18)11-17)29-22(30)14-31-23-16(12-26)10-15-6-5-7-20(15)28-23/h10,17H,4-9,11,14H2,1-3H3,(H,29,30)/t17-/m1/s1. The minimum absolute atomic E-state index is 0.165. The molecule has 0 unspecified atom stereocenters. The van der Waals surface area contributed by atoms with Crippen molar-refractivity contribution in [2.75, 3.05) is 11.1 Å². The molecule has 2 heterocycles. The highest BCUT2D eigenvalue weighted by molar-refractivity contribution is 8.00. The Balaban J connectivity index is 1.46. The highest BCUT2D eigenvalue weighted by Gasteiger charge is 2.34. The molecule has 0 fully saturated rings. The first kappa shape index (κ1) is 22.8. The van der Waals surface area contributed by atoms with E-state index in [1.165, 1.54) is 16.6 Å². The van der Waals surface area contributed by atoms with Gasteiger partial charge in [0.1, 0.15) is 22.2 Å². The number of hydrogen-bond donors (Lipinski definition) is 1. The van der Waals surface area contributed by atoms with E-state index in [-0.39, 0.29) is 17.1 Å². The van der Waals surface area contributed by atoms with Gasteiger partial charge in [-0.1, -0.05) is 39.0 Å². The van der Waals surface area contributed by atoms with Crippen LogP contribution in [0.15, 0.2) is 11.1 Å². The molecule has 1 amide bonds. The van der Waals surface area contributed by atoms with Crippen molar-refractivity contribution in [3.05, 3.63) is 38.9 Å². The van der Waals surface area contributed by atoms with Gasteiger partial charge in [0.15, 0.2) is 0 Å². The van der Waals surface area contributed by atoms with Crippen LogP contribution in [0.3, 0.4) is 0 Å². The smallest absolute Gasteiger partial charge is 0.235 e. The van der Waals surface area contributed by atoms with Crippen LogP contribution in [-0.2, 0) is 30.5 Å². The van der Waals surface area contributed by atoms with E-state index >= 15 is 0 Å². The molecule has 0 saturated carbocycles. The third kappa shape index (κ3) is 4.42. The summed E-state index contributed by atoms with van der Waals surface area (Å²) in [6.45, 7) is 6.88. The lowest BCUT2D eigenvalue weighted by Gasteiger charge is -2.36. The molecular formula is C25H28N4OS2. The normalized spacial score (nSPS) is 17.2. The number of hydrogen-bond acceptors (Lipinski definition) is 6. The summed E-state index contributed by atoms with van der Waals surface area (Å²) in [6, 6.07) is 6.47. The first-order valence-corrected chi connectivity index (χ1v) is 13.1. The van der Waals surface area contributed by atoms with Crippen molar-refractivity contribution < 1.29 is 4.79 Å². The zero-order chi connectivity index (χ0) is 22.9. The summed E-state index contributed by atoms with van der Waals surface area (Å²) >= 11 is 2.86. The van der Waals surface area contributed by atoms with Gasteiger partial charge in [0.2, 0.25) is 5.91 Å². The van der Waals surface area contributed by atoms with Crippen LogP contribution in [-0.4, -0.2) is 16.6 Å². The van der Waals surface area contributed by atoms with Gasteiger partial charge in [0.05, 0.1) is 16.9 Å². The first-order chi connectivity index (χ1) is 15.4. The molecule has 0 bridgehead atoms. The quantitative estimate of drug-likeness (QED) is 0.558. The second-order valence-electron chi connectivity index (χ2n) is 9.35. The van der Waals surface area contributed by atoms with Crippen molar-refractivity contribution in [2.45, 2.75) is 70.7 Å². The minimum atomic E-state index is -0.165. The van der Waals surface area contributed by atoms with E-state index in [4.69, 9.17) is 0 Å². The Bertz CT molecular complexity index is 1140. The number of nitriles is 2. The molecule has 32 heavy (non-hydrogen) atoms. The van der Waals surface area contributed by atoms with Gasteiger partial charge in [0, 0.05) is 10.6 Å². The summed E-state index contributed by atoms with van der Waals surface area (Å²) in [5, 5.41) is 23.5. The van der Waals surface area contributed by atoms with Gasteiger partial charge >= 0.3 is 0 Å². The third-order valence-electron chi connectivity index (χ3n) is 7.12. The molecule has 0 radical (unpaired) electrons. The molecule has 2 aliphatic carbocycles. The van der Waals surface area contributed by atoms with Crippen molar-refractivity contribution in [3.63, 3.8) is 0 Å². The predicted octanol–water partition coefficient (Wildman–Crippen LogP) is 5.65. The van der Waals surface area contributed by atoms with Crippen molar-refractivity contribution >= 4 is 34.0 Å². The topological polar surface area (TPSA) is 89.6 Å². The number of aromatic nitrogens is 1. The molecule has 4 rings (SSSR count). The summed E-state index contributed by atoms with van der Waals surface area (Å²) in [5.41, 5.74) is 4.77. The number of fused-ring (bicyclic) bond motifs is 2. The van der Waals surface area contributed by atoms with Gasteiger partial charge in [-0.15, -0.1) is 11.3 Å². The molecule has 1 N–H and O–H groups in total. The lowest BCUT2D eigenvalue weighted by molar-refractivity contribution is -0.113. The molecule has 2 aromatic heterocycles. The maximum atomic E-state index is 12.7. The van der Waals surface area contributed by atoms with E-state index in [1.54, 1.807) is 11.3 Å². The molecule has 5 nitrogen and oxygen atoms in total. The van der Waals surface area contributed by atoms with Gasteiger partial charge < -0.3 is 5.32 Å². The number of nitrogens with zero attached hydrogens (tertiary/aromatic N) is 3. The number of carbonyl (C=O) groups excluding carboxylic acids is 1. The number of aryl methyl sites for hydroxylation is 2. The Hall–Kier alpha value is -2.35. The molecule has 7 heteroatoms. The number of pyridine rings is 1. The fourth-order valence-electron chi connectivity index (χ4n) is 4.69. The van der Waals surface area contributed by atoms with E-state index in [0.29, 0.717) is 27.1 Å². The van der Waals surface area contributed by atoms with Crippen LogP contribution < -0.4 is 5.32 Å². The fraction of sp³-hybridized carbons (Fsp3) is 0.520. The van der Waals surface area contributed by atoms with E-state index in [0.717, 1.165) is 61.8 Å². The van der Waals surface area contributed by atoms with Crippen molar-refractivity contribution in [2.24, 2.45) is 11.3 Å². The van der Waals surface area contributed by atoms with Crippen LogP contribution in [0.4, 0.5) is 5.00 Å². The van der Waals surface area contributed by atoms with Crippen molar-refractivity contribution in [3.8, 4) is 12.1 Å². The lowest BCUT2D eigenvalue weighted by atomic mass is 9.69. The Labute approximate surface area is 198 Å². The number of thioether (sulfide) groups is 1. The number of rotatable bonds is 6. The van der Waals surface area contributed by atoms with Gasteiger partial charge in [-0.25, -0.2) is 4.98 Å². The molecule has 0 aromatic carbocycles. The SMILES string of the molecule is CCC(C)(C)[C@@H]1CCc2c(sc(NC(=O)CSc3nc4c(cc3C#N)CCC4)c2C#N)C1. The predicted molar refractivity (Wildman–Crippen MR) is 129 cm³/mol. The molecule has 0 aliphatic heterocycles. The summed E-state index contributed by atoms with van der Waals surface area (Å²) in [4.78, 5) is 18.6. The molecular weight excluding hydrogens is 436 g/mol. The maximum Gasteiger partial charge on any atom is 0.235 e. The van der Waals surface area contributed by atoms with Gasteiger partial charge in [-0.3, -0.25) is 4.79 Å². The van der Waals surface area contributed by atoms with E-state index in [9.17, 15) is 15.3 Å². The van der Waals surface area contributed by atoms with E-state index in [1.807, 2.05) is 6.07 Å². The lowest BCUT2D eigenvalue weighted by Crippen LogP contribution is -2.28. The third-order valence-corrected chi connectivity index (χ3v) is 9.28. The Morgan fingerprint density at radius 2 is 2.12 bits per heavy atom. The summed E-state index contributed by atoms with van der Waals surface area (Å²) in [6.07, 6.45) is 7.07. The largest absolute Gasteiger partial charge is 0.316 e. The average Bonchev–Trinajstić information content (AvgIpc) is 3.39. The molecule has 1 atom stereocenters. The number of anilines is 1. The van der Waals surface area contributed by atoms with Crippen LogP contribution in [0.2, 0.25) is 0 Å². The first-order valence-electron chi connectivity index (χ1n) is 11.3. The number of amides is 1. The van der Waals surface area contributed by atoms with Gasteiger partial charge in [-0.05, 0) is 67.1 Å². The zero-order valence-corrected chi connectivity index (χ0v) is 20.5. The van der Waals surface area contributed by atoms with Crippen molar-refractivity contribution in [1.82, 2.24) is 4.98 Å². The van der Waals surface area contributed by atoms with E-state index in [2.05, 4.69) is 43.2 Å². The molecule has 166 valence electrons. The van der Waals surface area contributed by atoms with E-state index < -0.39 is 0 Å². The van der Waals surface area contributed by atoms with Crippen LogP contribution >= 0.6 is 23.1 Å². The number of nitrogens with one attached hydrogen (secondary N) is 1.